The molecule has 0 saturated heterocycles. The van der Waals surface area contributed by atoms with Crippen LogP contribution in [0, 0.1) is 18.3 Å². The Hall–Kier alpha value is -3.77. The number of hydrogen-bond donors (Lipinski definition) is 2. The Labute approximate surface area is 256 Å². The molecular weight excluding hydrogens is 598 g/mol. The van der Waals surface area contributed by atoms with E-state index in [-0.39, 0.29) is 48.9 Å². The van der Waals surface area contributed by atoms with Crippen molar-refractivity contribution in [2.24, 2.45) is 5.92 Å². The lowest BCUT2D eigenvalue weighted by Gasteiger charge is -2.37. The molecule has 11 nitrogen and oxygen atoms in total. The fraction of sp³-hybridized carbons (Fsp3) is 0.467. The number of sulfonamides is 1. The largest absolute Gasteiger partial charge is 0.586 e. The van der Waals surface area contributed by atoms with Crippen molar-refractivity contribution in [2.45, 2.75) is 56.4 Å². The first kappa shape index (κ1) is 34.7. The number of aliphatic hydroxyl groups is 1. The molecule has 2 amide bonds. The summed E-state index contributed by atoms with van der Waals surface area (Å²) < 4.78 is 64.7. The van der Waals surface area contributed by atoms with E-state index in [0.717, 1.165) is 27.5 Å². The number of rotatable bonds is 14. The number of fused-ring (bicyclic) bond motifs is 1. The normalized spacial score (nSPS) is 15.2. The van der Waals surface area contributed by atoms with Crippen molar-refractivity contribution < 1.29 is 41.4 Å². The molecule has 1 heterocycles. The van der Waals surface area contributed by atoms with E-state index in [2.05, 4.69) is 20.8 Å². The van der Waals surface area contributed by atoms with Gasteiger partial charge in [-0.3, -0.25) is 15.0 Å². The van der Waals surface area contributed by atoms with E-state index >= 15 is 0 Å². The van der Waals surface area contributed by atoms with Crippen LogP contribution in [0.2, 0.25) is 0 Å². The van der Waals surface area contributed by atoms with Crippen molar-refractivity contribution in [3.8, 4) is 23.8 Å². The van der Waals surface area contributed by atoms with Crippen molar-refractivity contribution in [3.05, 3.63) is 54.1 Å². The molecule has 0 fully saturated rings. The molecule has 1 aliphatic rings. The molecule has 44 heavy (non-hydrogen) atoms. The number of halogens is 2. The highest BCUT2D eigenvalue weighted by atomic mass is 32.2. The molecule has 0 spiro atoms. The number of ether oxygens (including phenoxy) is 2. The minimum Gasteiger partial charge on any atom is -0.395 e. The van der Waals surface area contributed by atoms with Gasteiger partial charge in [0.1, 0.15) is 0 Å². The van der Waals surface area contributed by atoms with Crippen LogP contribution in [-0.2, 0) is 26.0 Å². The van der Waals surface area contributed by atoms with E-state index in [0.29, 0.717) is 5.56 Å². The van der Waals surface area contributed by atoms with Crippen molar-refractivity contribution in [3.63, 3.8) is 0 Å². The van der Waals surface area contributed by atoms with E-state index in [1.54, 1.807) is 63.2 Å². The first-order chi connectivity index (χ1) is 20.6. The Kier molecular flexibility index (Phi) is 11.7. The fourth-order valence-electron chi connectivity index (χ4n) is 4.59. The number of carbonyl (C=O) groups excluding carboxylic acids is 2. The average Bonchev–Trinajstić information content (AvgIpc) is 3.26. The molecule has 0 unspecified atom stereocenters. The molecule has 1 aliphatic heterocycles. The van der Waals surface area contributed by atoms with Crippen molar-refractivity contribution in [2.75, 3.05) is 33.7 Å². The molecule has 0 aromatic heterocycles. The standard InChI is InChI=1S/C30H38F2N4O7S/c1-6-7-13-29(39)36(33-28(38)20-34(4)5)24(16-22-11-9-8-10-12-22)25(37)19-35(18-21(2)3)44(40,41)23-14-15-26-27(17-23)43-30(31,32)42-26/h1,8-12,14-15,17,21,24-25,37H,7,13,16,18-20H2,2-5H3,(H,33,38)/t24-,25+/m0/s1. The number of hydrazine groups is 1. The first-order valence-corrected chi connectivity index (χ1v) is 15.4. The predicted octanol–water partition coefficient (Wildman–Crippen LogP) is 2.46. The number of likely N-dealkylation sites (N-methyl/N-ethyl adjacent to an activating group) is 1. The Morgan fingerprint density at radius 1 is 1.07 bits per heavy atom. The van der Waals surface area contributed by atoms with Crippen LogP contribution in [0.3, 0.4) is 0 Å². The summed E-state index contributed by atoms with van der Waals surface area (Å²) in [6, 6.07) is 10.9. The Morgan fingerprint density at radius 2 is 1.73 bits per heavy atom. The second-order valence-corrected chi connectivity index (χ2v) is 13.0. The SMILES string of the molecule is C#CCCC(=O)N(NC(=O)CN(C)C)[C@@H](Cc1ccccc1)[C@H](O)CN(CC(C)C)S(=O)(=O)c1ccc2c(c1)OC(F)(F)O2. The number of aliphatic hydroxyl groups excluding tert-OH is 1. The van der Waals surface area contributed by atoms with Gasteiger partial charge in [-0.2, -0.15) is 4.31 Å². The van der Waals surface area contributed by atoms with Crippen LogP contribution in [0.4, 0.5) is 8.78 Å². The van der Waals surface area contributed by atoms with Crippen LogP contribution in [0.1, 0.15) is 32.3 Å². The van der Waals surface area contributed by atoms with Crippen LogP contribution >= 0.6 is 0 Å². The van der Waals surface area contributed by atoms with Gasteiger partial charge in [-0.25, -0.2) is 13.4 Å². The lowest BCUT2D eigenvalue weighted by Crippen LogP contribution is -2.60. The molecule has 2 atom stereocenters. The van der Waals surface area contributed by atoms with E-state index < -0.39 is 52.6 Å². The van der Waals surface area contributed by atoms with Gasteiger partial charge in [-0.15, -0.1) is 21.1 Å². The number of amides is 2. The molecule has 240 valence electrons. The molecule has 2 N–H and O–H groups in total. The predicted molar refractivity (Wildman–Crippen MR) is 158 cm³/mol. The zero-order valence-corrected chi connectivity index (χ0v) is 25.9. The molecule has 3 rings (SSSR count). The van der Waals surface area contributed by atoms with Gasteiger partial charge in [0.25, 0.3) is 5.91 Å². The minimum atomic E-state index is -4.39. The lowest BCUT2D eigenvalue weighted by molar-refractivity contribution is -0.286. The molecule has 14 heteroatoms. The van der Waals surface area contributed by atoms with Crippen LogP contribution in [0.15, 0.2) is 53.4 Å². The number of nitrogens with one attached hydrogen (secondary N) is 1. The zero-order valence-electron chi connectivity index (χ0n) is 25.1. The molecule has 2 aromatic rings. The maximum absolute atomic E-state index is 13.8. The maximum Gasteiger partial charge on any atom is 0.586 e. The highest BCUT2D eigenvalue weighted by Gasteiger charge is 2.44. The summed E-state index contributed by atoms with van der Waals surface area (Å²) in [5, 5.41) is 12.7. The summed E-state index contributed by atoms with van der Waals surface area (Å²) >= 11 is 0. The highest BCUT2D eigenvalue weighted by Crippen LogP contribution is 2.42. The van der Waals surface area contributed by atoms with Gasteiger partial charge < -0.3 is 19.5 Å². The van der Waals surface area contributed by atoms with Crippen LogP contribution in [0.5, 0.6) is 11.5 Å². The van der Waals surface area contributed by atoms with E-state index in [1.165, 1.54) is 0 Å². The van der Waals surface area contributed by atoms with E-state index in [4.69, 9.17) is 6.42 Å². The van der Waals surface area contributed by atoms with E-state index in [9.17, 15) is 31.9 Å². The first-order valence-electron chi connectivity index (χ1n) is 13.9. The second kappa shape index (κ2) is 14.8. The quantitative estimate of drug-likeness (QED) is 0.239. The fourth-order valence-corrected chi connectivity index (χ4v) is 6.23. The van der Waals surface area contributed by atoms with Crippen LogP contribution in [0.25, 0.3) is 0 Å². The molecule has 0 bridgehead atoms. The van der Waals surface area contributed by atoms with Gasteiger partial charge in [0.2, 0.25) is 15.9 Å². The van der Waals surface area contributed by atoms with Crippen molar-refractivity contribution in [1.82, 2.24) is 19.6 Å². The number of benzene rings is 2. The van der Waals surface area contributed by atoms with Gasteiger partial charge >= 0.3 is 6.29 Å². The monoisotopic (exact) mass is 636 g/mol. The minimum absolute atomic E-state index is 0.0555. The van der Waals surface area contributed by atoms with Crippen molar-refractivity contribution >= 4 is 21.8 Å². The molecule has 0 aliphatic carbocycles. The summed E-state index contributed by atoms with van der Waals surface area (Å²) in [6.07, 6.45) is -0.0828. The summed E-state index contributed by atoms with van der Waals surface area (Å²) in [7, 11) is -1.04. The molecule has 2 aromatic carbocycles. The smallest absolute Gasteiger partial charge is 0.395 e. The average molecular weight is 637 g/mol. The summed E-state index contributed by atoms with van der Waals surface area (Å²) in [4.78, 5) is 27.4. The van der Waals surface area contributed by atoms with E-state index in [1.807, 2.05) is 0 Å². The summed E-state index contributed by atoms with van der Waals surface area (Å²) in [6.45, 7) is 2.93. The topological polar surface area (TPSA) is 129 Å². The van der Waals surface area contributed by atoms with Gasteiger partial charge in [0.15, 0.2) is 11.5 Å². The van der Waals surface area contributed by atoms with Gasteiger partial charge in [-0.1, -0.05) is 44.2 Å². The number of carbonyl (C=O) groups is 2. The van der Waals surface area contributed by atoms with Crippen molar-refractivity contribution in [1.29, 1.82) is 0 Å². The third-order valence-electron chi connectivity index (χ3n) is 6.49. The summed E-state index contributed by atoms with van der Waals surface area (Å²) in [5.41, 5.74) is 3.30. The maximum atomic E-state index is 13.8. The molecule has 0 radical (unpaired) electrons. The van der Waals surface area contributed by atoms with Crippen LogP contribution in [-0.4, -0.2) is 91.7 Å². The molecular formula is C30H38F2N4O7S. The number of terminal acetylenes is 1. The Bertz CT molecular complexity index is 1450. The second-order valence-electron chi connectivity index (χ2n) is 11.1. The third-order valence-corrected chi connectivity index (χ3v) is 8.32. The van der Waals surface area contributed by atoms with Gasteiger partial charge in [-0.05, 0) is 44.1 Å². The third kappa shape index (κ3) is 9.36. The zero-order chi connectivity index (χ0) is 32.7. The van der Waals surface area contributed by atoms with Crippen LogP contribution < -0.4 is 14.9 Å². The lowest BCUT2D eigenvalue weighted by atomic mass is 9.99. The number of alkyl halides is 2. The highest BCUT2D eigenvalue weighted by molar-refractivity contribution is 7.89. The summed E-state index contributed by atoms with van der Waals surface area (Å²) in [5.74, 6) is 0.316. The van der Waals surface area contributed by atoms with Gasteiger partial charge in [0.05, 0.1) is 23.6 Å². The molecule has 0 saturated carbocycles. The van der Waals surface area contributed by atoms with Gasteiger partial charge in [0, 0.05) is 32.0 Å². The Morgan fingerprint density at radius 3 is 2.34 bits per heavy atom. The Balaban J connectivity index is 2.00. The number of hydrogen-bond acceptors (Lipinski definition) is 8. The number of nitrogens with zero attached hydrogens (tertiary/aromatic N) is 3.